The summed E-state index contributed by atoms with van der Waals surface area (Å²) >= 11 is 3.32. The van der Waals surface area contributed by atoms with E-state index in [0.717, 1.165) is 5.56 Å². The molecule has 2 rings (SSSR count). The molecule has 0 radical (unpaired) electrons. The second kappa shape index (κ2) is 5.85. The molecule has 0 saturated carbocycles. The first-order valence-electron chi connectivity index (χ1n) is 5.85. The number of hydrogen-bond donors (Lipinski definition) is 1. The molecular formula is C14H14BrNO3S. The minimum atomic E-state index is -3.58. The lowest BCUT2D eigenvalue weighted by Crippen LogP contribution is -2.12. The summed E-state index contributed by atoms with van der Waals surface area (Å²) in [6.45, 7) is 1.91. The second-order valence-electron chi connectivity index (χ2n) is 4.27. The van der Waals surface area contributed by atoms with Crippen molar-refractivity contribution in [2.45, 2.75) is 11.8 Å². The number of nitrogens with one attached hydrogen (secondary N) is 1. The van der Waals surface area contributed by atoms with Crippen molar-refractivity contribution >= 4 is 31.6 Å². The Morgan fingerprint density at radius 2 is 1.75 bits per heavy atom. The Hall–Kier alpha value is -1.53. The molecule has 0 aliphatic heterocycles. The lowest BCUT2D eigenvalue weighted by Gasteiger charge is -2.10. The first-order valence-corrected chi connectivity index (χ1v) is 8.13. The number of ether oxygens (including phenoxy) is 1. The van der Waals surface area contributed by atoms with Gasteiger partial charge in [-0.2, -0.15) is 0 Å². The number of halogens is 1. The molecule has 106 valence electrons. The fraction of sp³-hybridized carbons (Fsp3) is 0.143. The van der Waals surface area contributed by atoms with E-state index in [1.807, 2.05) is 6.92 Å². The largest absolute Gasteiger partial charge is 0.496 e. The second-order valence-corrected chi connectivity index (χ2v) is 6.80. The van der Waals surface area contributed by atoms with Crippen LogP contribution < -0.4 is 9.46 Å². The van der Waals surface area contributed by atoms with Crippen molar-refractivity contribution in [3.8, 4) is 5.75 Å². The third kappa shape index (κ3) is 3.32. The highest BCUT2D eigenvalue weighted by Crippen LogP contribution is 2.28. The first-order chi connectivity index (χ1) is 9.42. The normalized spacial score (nSPS) is 11.2. The van der Waals surface area contributed by atoms with Crippen LogP contribution in [0.2, 0.25) is 0 Å². The van der Waals surface area contributed by atoms with Crippen molar-refractivity contribution in [3.05, 3.63) is 52.5 Å². The van der Waals surface area contributed by atoms with E-state index in [2.05, 4.69) is 20.7 Å². The molecular weight excluding hydrogens is 342 g/mol. The lowest BCUT2D eigenvalue weighted by atomic mass is 10.2. The van der Waals surface area contributed by atoms with Gasteiger partial charge in [0.1, 0.15) is 5.75 Å². The number of aryl methyl sites for hydroxylation is 1. The summed E-state index contributed by atoms with van der Waals surface area (Å²) < 4.78 is 32.8. The maximum atomic E-state index is 12.2. The molecule has 2 aromatic rings. The van der Waals surface area contributed by atoms with Crippen LogP contribution in [0.5, 0.6) is 5.75 Å². The molecule has 0 fully saturated rings. The van der Waals surface area contributed by atoms with Crippen molar-refractivity contribution in [2.75, 3.05) is 11.8 Å². The van der Waals surface area contributed by atoms with Crippen molar-refractivity contribution < 1.29 is 13.2 Å². The van der Waals surface area contributed by atoms with E-state index in [0.29, 0.717) is 15.9 Å². The number of methoxy groups -OCH3 is 1. The fourth-order valence-corrected chi connectivity index (χ4v) is 3.25. The van der Waals surface area contributed by atoms with Gasteiger partial charge in [-0.3, -0.25) is 4.72 Å². The molecule has 0 aliphatic rings. The summed E-state index contributed by atoms with van der Waals surface area (Å²) in [5.41, 5.74) is 1.48. The molecule has 0 saturated heterocycles. The highest BCUT2D eigenvalue weighted by Gasteiger charge is 2.14. The summed E-state index contributed by atoms with van der Waals surface area (Å²) in [6, 6.07) is 11.7. The average molecular weight is 356 g/mol. The maximum absolute atomic E-state index is 12.2. The topological polar surface area (TPSA) is 55.4 Å². The zero-order valence-electron chi connectivity index (χ0n) is 11.1. The Kier molecular flexibility index (Phi) is 4.35. The van der Waals surface area contributed by atoms with Gasteiger partial charge in [-0.25, -0.2) is 8.42 Å². The number of benzene rings is 2. The predicted molar refractivity (Wildman–Crippen MR) is 82.7 cm³/mol. The van der Waals surface area contributed by atoms with Crippen molar-refractivity contribution in [3.63, 3.8) is 0 Å². The van der Waals surface area contributed by atoms with Gasteiger partial charge in [0.25, 0.3) is 10.0 Å². The summed E-state index contributed by atoms with van der Waals surface area (Å²) in [5.74, 6) is 0.642. The zero-order valence-corrected chi connectivity index (χ0v) is 13.5. The van der Waals surface area contributed by atoms with Crippen LogP contribution in [-0.2, 0) is 10.0 Å². The molecule has 0 heterocycles. The van der Waals surface area contributed by atoms with E-state index >= 15 is 0 Å². The summed E-state index contributed by atoms with van der Waals surface area (Å²) in [5, 5.41) is 0. The third-order valence-electron chi connectivity index (χ3n) is 2.74. The van der Waals surface area contributed by atoms with Gasteiger partial charge < -0.3 is 4.74 Å². The molecule has 20 heavy (non-hydrogen) atoms. The lowest BCUT2D eigenvalue weighted by molar-refractivity contribution is 0.412. The van der Waals surface area contributed by atoms with E-state index in [-0.39, 0.29) is 4.90 Å². The van der Waals surface area contributed by atoms with Gasteiger partial charge in [0.2, 0.25) is 0 Å². The number of hydrogen-bond acceptors (Lipinski definition) is 3. The quantitative estimate of drug-likeness (QED) is 0.911. The van der Waals surface area contributed by atoms with E-state index in [9.17, 15) is 8.42 Å². The van der Waals surface area contributed by atoms with E-state index in [4.69, 9.17) is 4.74 Å². The maximum Gasteiger partial charge on any atom is 0.261 e. The summed E-state index contributed by atoms with van der Waals surface area (Å²) in [4.78, 5) is 0.232. The SMILES string of the molecule is COc1ccc(NS(=O)(=O)c2ccc(C)cc2)cc1Br. The molecule has 0 atom stereocenters. The standard InChI is InChI=1S/C14H14BrNO3S/c1-10-3-6-12(7-4-10)20(17,18)16-11-5-8-14(19-2)13(15)9-11/h3-9,16H,1-2H3. The van der Waals surface area contributed by atoms with Crippen molar-refractivity contribution in [1.29, 1.82) is 0 Å². The number of rotatable bonds is 4. The molecule has 6 heteroatoms. The van der Waals surface area contributed by atoms with Crippen LogP contribution in [0, 0.1) is 6.92 Å². The predicted octanol–water partition coefficient (Wildman–Crippen LogP) is 3.57. The van der Waals surface area contributed by atoms with E-state index in [1.54, 1.807) is 49.6 Å². The van der Waals surface area contributed by atoms with Gasteiger partial charge in [0.05, 0.1) is 22.2 Å². The third-order valence-corrected chi connectivity index (χ3v) is 4.75. The Balaban J connectivity index is 2.28. The molecule has 0 amide bonds. The van der Waals surface area contributed by atoms with Gasteiger partial charge in [0, 0.05) is 0 Å². The van der Waals surface area contributed by atoms with Gasteiger partial charge in [0.15, 0.2) is 0 Å². The van der Waals surface area contributed by atoms with Gasteiger partial charge >= 0.3 is 0 Å². The Bertz CT molecular complexity index is 712. The van der Waals surface area contributed by atoms with Crippen LogP contribution in [0.3, 0.4) is 0 Å². The fourth-order valence-electron chi connectivity index (χ4n) is 1.66. The summed E-state index contributed by atoms with van der Waals surface area (Å²) in [7, 11) is -2.03. The zero-order chi connectivity index (χ0) is 14.8. The average Bonchev–Trinajstić information content (AvgIpc) is 2.39. The van der Waals surface area contributed by atoms with Gasteiger partial charge in [-0.05, 0) is 53.2 Å². The van der Waals surface area contributed by atoms with E-state index in [1.165, 1.54) is 0 Å². The molecule has 0 bridgehead atoms. The molecule has 4 nitrogen and oxygen atoms in total. The Morgan fingerprint density at radius 1 is 1.10 bits per heavy atom. The highest BCUT2D eigenvalue weighted by molar-refractivity contribution is 9.10. The molecule has 2 aromatic carbocycles. The Morgan fingerprint density at radius 3 is 2.30 bits per heavy atom. The van der Waals surface area contributed by atoms with Crippen LogP contribution in [0.25, 0.3) is 0 Å². The molecule has 0 spiro atoms. The van der Waals surface area contributed by atoms with Crippen molar-refractivity contribution in [2.24, 2.45) is 0 Å². The van der Waals surface area contributed by atoms with E-state index < -0.39 is 10.0 Å². The number of sulfonamides is 1. The monoisotopic (exact) mass is 355 g/mol. The highest BCUT2D eigenvalue weighted by atomic mass is 79.9. The minimum Gasteiger partial charge on any atom is -0.496 e. The molecule has 0 aromatic heterocycles. The van der Waals surface area contributed by atoms with Crippen LogP contribution in [0.1, 0.15) is 5.56 Å². The smallest absolute Gasteiger partial charge is 0.261 e. The Labute approximate surface area is 127 Å². The minimum absolute atomic E-state index is 0.232. The van der Waals surface area contributed by atoms with Crippen LogP contribution in [-0.4, -0.2) is 15.5 Å². The van der Waals surface area contributed by atoms with Crippen molar-refractivity contribution in [1.82, 2.24) is 0 Å². The molecule has 0 aliphatic carbocycles. The first kappa shape index (κ1) is 14.9. The van der Waals surface area contributed by atoms with Crippen LogP contribution in [0.15, 0.2) is 51.8 Å². The molecule has 0 unspecified atom stereocenters. The van der Waals surface area contributed by atoms with Gasteiger partial charge in [-0.1, -0.05) is 17.7 Å². The number of anilines is 1. The van der Waals surface area contributed by atoms with Crippen LogP contribution >= 0.6 is 15.9 Å². The molecule has 1 N–H and O–H groups in total. The summed E-state index contributed by atoms with van der Waals surface area (Å²) in [6.07, 6.45) is 0. The van der Waals surface area contributed by atoms with Crippen LogP contribution in [0.4, 0.5) is 5.69 Å². The van der Waals surface area contributed by atoms with Gasteiger partial charge in [-0.15, -0.1) is 0 Å².